The zero-order valence-electron chi connectivity index (χ0n) is 14.5. The Labute approximate surface area is 139 Å². The third-order valence-corrected chi connectivity index (χ3v) is 4.54. The van der Waals surface area contributed by atoms with Crippen LogP contribution in [-0.4, -0.2) is 62.8 Å². The number of nitrogens with one attached hydrogen (secondary N) is 1. The number of nitrogens with zero attached hydrogens (tertiary/aromatic N) is 2. The van der Waals surface area contributed by atoms with E-state index in [-0.39, 0.29) is 6.03 Å². The predicted molar refractivity (Wildman–Crippen MR) is 92.5 cm³/mol. The maximum atomic E-state index is 12.3. The van der Waals surface area contributed by atoms with E-state index in [0.29, 0.717) is 12.5 Å². The molecule has 1 aromatic rings. The molecular formula is C18H29N3O2. The molecule has 1 atom stereocenters. The number of carbonyl (C=O) groups excluding carboxylic acids is 1. The number of aryl methyl sites for hydroxylation is 1. The summed E-state index contributed by atoms with van der Waals surface area (Å²) in [6.45, 7) is 7.37. The van der Waals surface area contributed by atoms with E-state index in [2.05, 4.69) is 29.3 Å². The largest absolute Gasteiger partial charge is 0.383 e. The summed E-state index contributed by atoms with van der Waals surface area (Å²) in [6.07, 6.45) is 1.14. The molecular weight excluding hydrogens is 290 g/mol. The van der Waals surface area contributed by atoms with Gasteiger partial charge in [0.15, 0.2) is 0 Å². The standard InChI is InChI=1S/C18H29N3O2/c1-15-6-4-5-7-17(15)14-20(2)18(22)19-12-16-8-9-21(13-16)10-11-23-3/h4-7,16H,8-14H2,1-3H3,(H,19,22). The second kappa shape index (κ2) is 8.89. The molecule has 2 amide bonds. The number of ether oxygens (including phenoxy) is 1. The highest BCUT2D eigenvalue weighted by Crippen LogP contribution is 2.15. The first-order valence-corrected chi connectivity index (χ1v) is 8.35. The van der Waals surface area contributed by atoms with Gasteiger partial charge in [0.1, 0.15) is 0 Å². The van der Waals surface area contributed by atoms with Gasteiger partial charge < -0.3 is 19.9 Å². The SMILES string of the molecule is COCCN1CCC(CNC(=O)N(C)Cc2ccccc2C)C1. The van der Waals surface area contributed by atoms with E-state index >= 15 is 0 Å². The fraction of sp³-hybridized carbons (Fsp3) is 0.611. The van der Waals surface area contributed by atoms with E-state index < -0.39 is 0 Å². The van der Waals surface area contributed by atoms with Gasteiger partial charge in [0.05, 0.1) is 6.61 Å². The zero-order valence-corrected chi connectivity index (χ0v) is 14.5. The van der Waals surface area contributed by atoms with Crippen molar-refractivity contribution >= 4 is 6.03 Å². The first kappa shape index (κ1) is 17.8. The fourth-order valence-corrected chi connectivity index (χ4v) is 2.98. The molecule has 128 valence electrons. The third-order valence-electron chi connectivity index (χ3n) is 4.54. The van der Waals surface area contributed by atoms with Crippen molar-refractivity contribution in [1.82, 2.24) is 15.1 Å². The second-order valence-corrected chi connectivity index (χ2v) is 6.42. The Morgan fingerprint density at radius 1 is 1.43 bits per heavy atom. The van der Waals surface area contributed by atoms with Gasteiger partial charge >= 0.3 is 6.03 Å². The molecule has 0 spiro atoms. The van der Waals surface area contributed by atoms with E-state index in [4.69, 9.17) is 4.74 Å². The lowest BCUT2D eigenvalue weighted by molar-refractivity contribution is 0.158. The van der Waals surface area contributed by atoms with Crippen LogP contribution in [0.25, 0.3) is 0 Å². The number of rotatable bonds is 7. The minimum Gasteiger partial charge on any atom is -0.383 e. The number of carbonyl (C=O) groups is 1. The van der Waals surface area contributed by atoms with Crippen molar-refractivity contribution in [3.05, 3.63) is 35.4 Å². The second-order valence-electron chi connectivity index (χ2n) is 6.42. The van der Waals surface area contributed by atoms with Gasteiger partial charge in [0.2, 0.25) is 0 Å². The van der Waals surface area contributed by atoms with Crippen LogP contribution in [0.4, 0.5) is 4.79 Å². The summed E-state index contributed by atoms with van der Waals surface area (Å²) in [5.74, 6) is 0.544. The molecule has 1 N–H and O–H groups in total. The molecule has 5 heteroatoms. The van der Waals surface area contributed by atoms with Gasteiger partial charge in [-0.2, -0.15) is 0 Å². The summed E-state index contributed by atoms with van der Waals surface area (Å²) >= 11 is 0. The summed E-state index contributed by atoms with van der Waals surface area (Å²) < 4.78 is 5.12. The molecule has 0 aromatic heterocycles. The van der Waals surface area contributed by atoms with E-state index in [1.54, 1.807) is 12.0 Å². The molecule has 1 fully saturated rings. The van der Waals surface area contributed by atoms with Crippen LogP contribution >= 0.6 is 0 Å². The van der Waals surface area contributed by atoms with Crippen LogP contribution in [0.5, 0.6) is 0 Å². The van der Waals surface area contributed by atoms with Crippen molar-refractivity contribution in [1.29, 1.82) is 0 Å². The van der Waals surface area contributed by atoms with Crippen LogP contribution in [0.1, 0.15) is 17.5 Å². The first-order valence-electron chi connectivity index (χ1n) is 8.35. The van der Waals surface area contributed by atoms with Gasteiger partial charge in [-0.1, -0.05) is 24.3 Å². The zero-order chi connectivity index (χ0) is 16.7. The number of hydrogen-bond donors (Lipinski definition) is 1. The molecule has 1 unspecified atom stereocenters. The summed E-state index contributed by atoms with van der Waals surface area (Å²) in [7, 11) is 3.58. The van der Waals surface area contributed by atoms with E-state index in [1.165, 1.54) is 11.1 Å². The Morgan fingerprint density at radius 3 is 2.96 bits per heavy atom. The fourth-order valence-electron chi connectivity index (χ4n) is 2.98. The molecule has 0 bridgehead atoms. The highest BCUT2D eigenvalue weighted by atomic mass is 16.5. The predicted octanol–water partition coefficient (Wildman–Crippen LogP) is 2.10. The van der Waals surface area contributed by atoms with Crippen LogP contribution in [-0.2, 0) is 11.3 Å². The minimum atomic E-state index is 0.00333. The summed E-state index contributed by atoms with van der Waals surface area (Å²) in [5, 5.41) is 3.07. The average molecular weight is 319 g/mol. The van der Waals surface area contributed by atoms with Crippen molar-refractivity contribution < 1.29 is 9.53 Å². The summed E-state index contributed by atoms with van der Waals surface area (Å²) in [4.78, 5) is 16.4. The molecule has 0 aliphatic carbocycles. The molecule has 5 nitrogen and oxygen atoms in total. The lowest BCUT2D eigenvalue weighted by Gasteiger charge is -2.21. The smallest absolute Gasteiger partial charge is 0.317 e. The van der Waals surface area contributed by atoms with Crippen molar-refractivity contribution in [3.63, 3.8) is 0 Å². The van der Waals surface area contributed by atoms with Crippen molar-refractivity contribution in [2.24, 2.45) is 5.92 Å². The van der Waals surface area contributed by atoms with E-state index in [0.717, 1.165) is 39.2 Å². The molecule has 1 heterocycles. The van der Waals surface area contributed by atoms with Gasteiger partial charge in [-0.05, 0) is 36.9 Å². The molecule has 23 heavy (non-hydrogen) atoms. The first-order chi connectivity index (χ1) is 11.1. The molecule has 1 aliphatic rings. The lowest BCUT2D eigenvalue weighted by atomic mass is 10.1. The van der Waals surface area contributed by atoms with Gasteiger partial charge in [-0.15, -0.1) is 0 Å². The van der Waals surface area contributed by atoms with Crippen LogP contribution < -0.4 is 5.32 Å². The molecule has 2 rings (SSSR count). The van der Waals surface area contributed by atoms with Crippen LogP contribution in [0, 0.1) is 12.8 Å². The lowest BCUT2D eigenvalue weighted by Crippen LogP contribution is -2.39. The van der Waals surface area contributed by atoms with E-state index in [1.807, 2.05) is 19.2 Å². The summed E-state index contributed by atoms with van der Waals surface area (Å²) in [5.41, 5.74) is 2.41. The Kier molecular flexibility index (Phi) is 6.86. The third kappa shape index (κ3) is 5.52. The Bertz CT molecular complexity index is 507. The van der Waals surface area contributed by atoms with Gasteiger partial charge in [0.25, 0.3) is 0 Å². The quantitative estimate of drug-likeness (QED) is 0.837. The van der Waals surface area contributed by atoms with Crippen LogP contribution in [0.3, 0.4) is 0 Å². The molecule has 1 saturated heterocycles. The monoisotopic (exact) mass is 319 g/mol. The van der Waals surface area contributed by atoms with Gasteiger partial charge in [-0.3, -0.25) is 0 Å². The van der Waals surface area contributed by atoms with Gasteiger partial charge in [-0.25, -0.2) is 4.79 Å². The van der Waals surface area contributed by atoms with E-state index in [9.17, 15) is 4.79 Å². The minimum absolute atomic E-state index is 0.00333. The normalized spacial score (nSPS) is 18.1. The molecule has 0 radical (unpaired) electrons. The topological polar surface area (TPSA) is 44.8 Å². The maximum absolute atomic E-state index is 12.3. The average Bonchev–Trinajstić information content (AvgIpc) is 3.00. The molecule has 1 aromatic carbocycles. The highest BCUT2D eigenvalue weighted by molar-refractivity contribution is 5.73. The molecule has 1 aliphatic heterocycles. The number of urea groups is 1. The summed E-state index contributed by atoms with van der Waals surface area (Å²) in [6, 6.07) is 8.19. The number of methoxy groups -OCH3 is 1. The Balaban J connectivity index is 1.71. The Morgan fingerprint density at radius 2 is 2.22 bits per heavy atom. The van der Waals surface area contributed by atoms with Crippen LogP contribution in [0.15, 0.2) is 24.3 Å². The number of hydrogen-bond acceptors (Lipinski definition) is 3. The van der Waals surface area contributed by atoms with Gasteiger partial charge in [0, 0.05) is 40.3 Å². The highest BCUT2D eigenvalue weighted by Gasteiger charge is 2.22. The Hall–Kier alpha value is -1.59. The molecule has 0 saturated carbocycles. The van der Waals surface area contributed by atoms with Crippen molar-refractivity contribution in [3.8, 4) is 0 Å². The number of amides is 2. The van der Waals surface area contributed by atoms with Crippen molar-refractivity contribution in [2.45, 2.75) is 19.9 Å². The number of likely N-dealkylation sites (tertiary alicyclic amines) is 1. The number of benzene rings is 1. The maximum Gasteiger partial charge on any atom is 0.317 e. The van der Waals surface area contributed by atoms with Crippen molar-refractivity contribution in [2.75, 3.05) is 46.9 Å². The van der Waals surface area contributed by atoms with Crippen LogP contribution in [0.2, 0.25) is 0 Å².